The maximum Gasteiger partial charge on any atom is 0.0588 e. The molecule has 0 bridgehead atoms. The van der Waals surface area contributed by atoms with Crippen molar-refractivity contribution in [3.05, 3.63) is 30.3 Å². The second kappa shape index (κ2) is 8.18. The van der Waals surface area contributed by atoms with Gasteiger partial charge in [-0.05, 0) is 50.9 Å². The SMILES string of the molecule is CN(CCCNCCC1CCCO1)c1ccccc1. The van der Waals surface area contributed by atoms with E-state index in [1.807, 2.05) is 0 Å². The van der Waals surface area contributed by atoms with E-state index in [0.29, 0.717) is 6.10 Å². The van der Waals surface area contributed by atoms with E-state index in [9.17, 15) is 0 Å². The molecule has 0 saturated carbocycles. The molecule has 0 aromatic heterocycles. The molecule has 1 heterocycles. The molecule has 0 amide bonds. The number of anilines is 1. The predicted octanol–water partition coefficient (Wildman–Crippen LogP) is 2.67. The third-order valence-corrected chi connectivity index (χ3v) is 3.71. The van der Waals surface area contributed by atoms with Crippen molar-refractivity contribution in [2.75, 3.05) is 38.2 Å². The summed E-state index contributed by atoms with van der Waals surface area (Å²) in [7, 11) is 2.15. The van der Waals surface area contributed by atoms with Crippen molar-refractivity contribution in [2.24, 2.45) is 0 Å². The van der Waals surface area contributed by atoms with Gasteiger partial charge in [-0.3, -0.25) is 0 Å². The fourth-order valence-electron chi connectivity index (χ4n) is 2.51. The maximum absolute atomic E-state index is 5.61. The van der Waals surface area contributed by atoms with Gasteiger partial charge in [0.05, 0.1) is 6.10 Å². The molecule has 0 radical (unpaired) electrons. The Balaban J connectivity index is 1.49. The molecule has 1 aromatic rings. The Hall–Kier alpha value is -1.06. The van der Waals surface area contributed by atoms with Crippen LogP contribution in [-0.2, 0) is 4.74 Å². The molecule has 1 saturated heterocycles. The van der Waals surface area contributed by atoms with Crippen LogP contribution in [0.15, 0.2) is 30.3 Å². The van der Waals surface area contributed by atoms with Gasteiger partial charge in [0.1, 0.15) is 0 Å². The maximum atomic E-state index is 5.61. The standard InChI is InChI=1S/C16H26N2O/c1-18(15-7-3-2-4-8-15)13-6-11-17-12-10-16-9-5-14-19-16/h2-4,7-8,16-17H,5-6,9-14H2,1H3. The zero-order chi connectivity index (χ0) is 13.3. The molecule has 1 atom stereocenters. The molecule has 3 heteroatoms. The molecule has 106 valence electrons. The van der Waals surface area contributed by atoms with Crippen LogP contribution >= 0.6 is 0 Å². The Bertz CT molecular complexity index is 336. The summed E-state index contributed by atoms with van der Waals surface area (Å²) >= 11 is 0. The highest BCUT2D eigenvalue weighted by molar-refractivity contribution is 5.44. The van der Waals surface area contributed by atoms with Gasteiger partial charge in [-0.15, -0.1) is 0 Å². The molecule has 19 heavy (non-hydrogen) atoms. The highest BCUT2D eigenvalue weighted by Gasteiger charge is 2.14. The summed E-state index contributed by atoms with van der Waals surface area (Å²) in [6.07, 6.45) is 5.34. The molecule has 0 aliphatic carbocycles. The van der Waals surface area contributed by atoms with E-state index >= 15 is 0 Å². The Morgan fingerprint density at radius 3 is 2.84 bits per heavy atom. The van der Waals surface area contributed by atoms with Crippen LogP contribution in [-0.4, -0.2) is 39.4 Å². The number of nitrogens with one attached hydrogen (secondary N) is 1. The largest absolute Gasteiger partial charge is 0.378 e. The minimum Gasteiger partial charge on any atom is -0.378 e. The first-order valence-electron chi connectivity index (χ1n) is 7.45. The molecular weight excluding hydrogens is 236 g/mol. The zero-order valence-corrected chi connectivity index (χ0v) is 12.0. The topological polar surface area (TPSA) is 24.5 Å². The first-order chi connectivity index (χ1) is 9.36. The number of benzene rings is 1. The van der Waals surface area contributed by atoms with Crippen LogP contribution in [0.5, 0.6) is 0 Å². The highest BCUT2D eigenvalue weighted by atomic mass is 16.5. The molecule has 2 rings (SSSR count). The van der Waals surface area contributed by atoms with Crippen LogP contribution in [0.1, 0.15) is 25.7 Å². The van der Waals surface area contributed by atoms with Crippen LogP contribution < -0.4 is 10.2 Å². The minimum absolute atomic E-state index is 0.513. The lowest BCUT2D eigenvalue weighted by Crippen LogP contribution is -2.25. The Morgan fingerprint density at radius 1 is 1.26 bits per heavy atom. The summed E-state index contributed by atoms with van der Waals surface area (Å²) in [6.45, 7) is 4.23. The van der Waals surface area contributed by atoms with Crippen LogP contribution in [0, 0.1) is 0 Å². The van der Waals surface area contributed by atoms with Gasteiger partial charge in [0, 0.05) is 25.9 Å². The molecule has 1 fully saturated rings. The summed E-state index contributed by atoms with van der Waals surface area (Å²) in [5.74, 6) is 0. The fourth-order valence-corrected chi connectivity index (χ4v) is 2.51. The van der Waals surface area contributed by atoms with E-state index in [1.165, 1.54) is 24.9 Å². The van der Waals surface area contributed by atoms with Crippen molar-refractivity contribution in [2.45, 2.75) is 31.8 Å². The average Bonchev–Trinajstić information content (AvgIpc) is 2.96. The molecule has 0 spiro atoms. The summed E-state index contributed by atoms with van der Waals surface area (Å²) in [5.41, 5.74) is 1.29. The molecule has 1 N–H and O–H groups in total. The van der Waals surface area contributed by atoms with Gasteiger partial charge in [-0.1, -0.05) is 18.2 Å². The fraction of sp³-hybridized carbons (Fsp3) is 0.625. The van der Waals surface area contributed by atoms with Gasteiger partial charge in [0.2, 0.25) is 0 Å². The smallest absolute Gasteiger partial charge is 0.0588 e. The second-order valence-electron chi connectivity index (χ2n) is 5.28. The first kappa shape index (κ1) is 14.4. The van der Waals surface area contributed by atoms with E-state index in [1.54, 1.807) is 0 Å². The van der Waals surface area contributed by atoms with Gasteiger partial charge in [-0.25, -0.2) is 0 Å². The second-order valence-corrected chi connectivity index (χ2v) is 5.28. The Labute approximate surface area is 116 Å². The third kappa shape index (κ3) is 5.21. The Morgan fingerprint density at radius 2 is 2.11 bits per heavy atom. The molecule has 3 nitrogen and oxygen atoms in total. The first-order valence-corrected chi connectivity index (χ1v) is 7.45. The van der Waals surface area contributed by atoms with Gasteiger partial charge in [0.25, 0.3) is 0 Å². The van der Waals surface area contributed by atoms with E-state index in [4.69, 9.17) is 4.74 Å². The van der Waals surface area contributed by atoms with Crippen LogP contribution in [0.25, 0.3) is 0 Å². The van der Waals surface area contributed by atoms with Crippen LogP contribution in [0.4, 0.5) is 5.69 Å². The quantitative estimate of drug-likeness (QED) is 0.729. The molecule has 1 aromatic carbocycles. The van der Waals surface area contributed by atoms with E-state index < -0.39 is 0 Å². The predicted molar refractivity (Wildman–Crippen MR) is 80.8 cm³/mol. The number of para-hydroxylation sites is 1. The van der Waals surface area contributed by atoms with Gasteiger partial charge >= 0.3 is 0 Å². The average molecular weight is 262 g/mol. The monoisotopic (exact) mass is 262 g/mol. The van der Waals surface area contributed by atoms with Crippen molar-refractivity contribution in [3.8, 4) is 0 Å². The van der Waals surface area contributed by atoms with E-state index in [-0.39, 0.29) is 0 Å². The summed E-state index contributed by atoms with van der Waals surface area (Å²) in [6, 6.07) is 10.6. The summed E-state index contributed by atoms with van der Waals surface area (Å²) in [5, 5.41) is 3.51. The van der Waals surface area contributed by atoms with Gasteiger partial charge in [-0.2, -0.15) is 0 Å². The zero-order valence-electron chi connectivity index (χ0n) is 12.0. The normalized spacial score (nSPS) is 18.7. The van der Waals surface area contributed by atoms with Crippen molar-refractivity contribution < 1.29 is 4.74 Å². The molecule has 1 aliphatic rings. The number of ether oxygens (including phenoxy) is 1. The number of nitrogens with zero attached hydrogens (tertiary/aromatic N) is 1. The number of rotatable bonds is 8. The third-order valence-electron chi connectivity index (χ3n) is 3.71. The summed E-state index contributed by atoms with van der Waals surface area (Å²) < 4.78 is 5.61. The molecule has 1 aliphatic heterocycles. The molecule has 1 unspecified atom stereocenters. The van der Waals surface area contributed by atoms with Crippen molar-refractivity contribution in [1.82, 2.24) is 5.32 Å². The number of hydrogen-bond acceptors (Lipinski definition) is 3. The lowest BCUT2D eigenvalue weighted by atomic mass is 10.2. The van der Waals surface area contributed by atoms with Crippen LogP contribution in [0.3, 0.4) is 0 Å². The highest BCUT2D eigenvalue weighted by Crippen LogP contribution is 2.14. The number of hydrogen-bond donors (Lipinski definition) is 1. The minimum atomic E-state index is 0.513. The van der Waals surface area contributed by atoms with Crippen molar-refractivity contribution in [1.29, 1.82) is 0 Å². The van der Waals surface area contributed by atoms with Crippen molar-refractivity contribution >= 4 is 5.69 Å². The van der Waals surface area contributed by atoms with Gasteiger partial charge in [0.15, 0.2) is 0 Å². The molecular formula is C16H26N2O. The van der Waals surface area contributed by atoms with E-state index in [0.717, 1.165) is 32.7 Å². The van der Waals surface area contributed by atoms with Gasteiger partial charge < -0.3 is 15.0 Å². The lowest BCUT2D eigenvalue weighted by Gasteiger charge is -2.19. The summed E-state index contributed by atoms with van der Waals surface area (Å²) in [4.78, 5) is 2.31. The van der Waals surface area contributed by atoms with E-state index in [2.05, 4.69) is 47.6 Å². The van der Waals surface area contributed by atoms with Crippen LogP contribution in [0.2, 0.25) is 0 Å². The van der Waals surface area contributed by atoms with Crippen molar-refractivity contribution in [3.63, 3.8) is 0 Å². The lowest BCUT2D eigenvalue weighted by molar-refractivity contribution is 0.104. The Kier molecular flexibility index (Phi) is 6.18.